The van der Waals surface area contributed by atoms with Crippen molar-refractivity contribution < 1.29 is 4.79 Å². The zero-order valence-corrected chi connectivity index (χ0v) is 13.1. The largest absolute Gasteiger partial charge is 0.375 e. The molecule has 0 atom stereocenters. The minimum atomic E-state index is 0.0961. The summed E-state index contributed by atoms with van der Waals surface area (Å²) in [5.74, 6) is 0.489. The summed E-state index contributed by atoms with van der Waals surface area (Å²) in [6.45, 7) is 4.66. The van der Waals surface area contributed by atoms with Crippen molar-refractivity contribution in [2.75, 3.05) is 22.9 Å². The van der Waals surface area contributed by atoms with Crippen molar-refractivity contribution in [1.82, 2.24) is 4.98 Å². The molecular weight excluding hydrogens is 290 g/mol. The Bertz CT molecular complexity index is 598. The Balaban J connectivity index is 2.04. The first-order valence-electron chi connectivity index (χ1n) is 6.32. The molecule has 0 saturated carbocycles. The molecule has 0 aliphatic rings. The van der Waals surface area contributed by atoms with E-state index in [1.54, 1.807) is 6.20 Å². The summed E-state index contributed by atoms with van der Waals surface area (Å²) >= 11 is 2.89. The number of aromatic nitrogens is 1. The van der Waals surface area contributed by atoms with Crippen LogP contribution in [0.25, 0.3) is 0 Å². The van der Waals surface area contributed by atoms with Crippen molar-refractivity contribution in [3.8, 4) is 0 Å². The number of carbonyl (C=O) groups excluding carboxylic acids is 1. The number of hydrogen-bond acceptors (Lipinski definition) is 5. The molecule has 2 rings (SSSR count). The normalized spacial score (nSPS) is 10.5. The first-order chi connectivity index (χ1) is 9.61. The van der Waals surface area contributed by atoms with E-state index in [1.165, 1.54) is 23.1 Å². The molecule has 0 aliphatic heterocycles. The van der Waals surface area contributed by atoms with Gasteiger partial charge in [-0.25, -0.2) is 4.98 Å². The topological polar surface area (TPSA) is 59.2 Å². The van der Waals surface area contributed by atoms with E-state index in [0.717, 1.165) is 15.5 Å². The fourth-order valence-corrected chi connectivity index (χ4v) is 3.53. The van der Waals surface area contributed by atoms with Crippen molar-refractivity contribution in [2.45, 2.75) is 18.1 Å². The third-order valence-corrected chi connectivity index (χ3v) is 4.87. The van der Waals surface area contributed by atoms with Gasteiger partial charge in [-0.3, -0.25) is 4.79 Å². The van der Waals surface area contributed by atoms with Crippen molar-refractivity contribution in [3.05, 3.63) is 36.0 Å². The lowest BCUT2D eigenvalue weighted by Crippen LogP contribution is -2.32. The summed E-state index contributed by atoms with van der Waals surface area (Å²) in [7, 11) is 0. The van der Waals surface area contributed by atoms with Crippen molar-refractivity contribution in [2.24, 2.45) is 0 Å². The molecule has 20 heavy (non-hydrogen) atoms. The minimum absolute atomic E-state index is 0.0961. The SMILES string of the molecule is CCN(C(=O)CSc1cnc(N)s1)c1ccccc1C. The maximum absolute atomic E-state index is 12.4. The van der Waals surface area contributed by atoms with Gasteiger partial charge < -0.3 is 10.6 Å². The van der Waals surface area contributed by atoms with Crippen LogP contribution < -0.4 is 10.6 Å². The van der Waals surface area contributed by atoms with Gasteiger partial charge in [-0.05, 0) is 25.5 Å². The van der Waals surface area contributed by atoms with E-state index in [2.05, 4.69) is 4.98 Å². The first-order valence-corrected chi connectivity index (χ1v) is 8.12. The van der Waals surface area contributed by atoms with Gasteiger partial charge in [0.1, 0.15) is 0 Å². The molecule has 2 aromatic rings. The molecule has 0 spiro atoms. The van der Waals surface area contributed by atoms with E-state index in [1.807, 2.05) is 43.0 Å². The number of anilines is 2. The van der Waals surface area contributed by atoms with Crippen LogP contribution in [0.2, 0.25) is 0 Å². The number of amides is 1. The summed E-state index contributed by atoms with van der Waals surface area (Å²) in [5, 5.41) is 0.534. The Hall–Kier alpha value is -1.53. The van der Waals surface area contributed by atoms with Crippen LogP contribution in [0.3, 0.4) is 0 Å². The molecule has 2 N–H and O–H groups in total. The van der Waals surface area contributed by atoms with Crippen LogP contribution in [-0.4, -0.2) is 23.2 Å². The Labute approximate surface area is 127 Å². The molecule has 0 radical (unpaired) electrons. The van der Waals surface area contributed by atoms with Crippen LogP contribution in [0.5, 0.6) is 0 Å². The Morgan fingerprint density at radius 1 is 1.45 bits per heavy atom. The van der Waals surface area contributed by atoms with E-state index in [-0.39, 0.29) is 5.91 Å². The molecule has 0 unspecified atom stereocenters. The van der Waals surface area contributed by atoms with E-state index in [9.17, 15) is 4.79 Å². The number of nitrogen functional groups attached to an aromatic ring is 1. The van der Waals surface area contributed by atoms with Crippen LogP contribution in [-0.2, 0) is 4.79 Å². The van der Waals surface area contributed by atoms with Gasteiger partial charge in [0.25, 0.3) is 0 Å². The minimum Gasteiger partial charge on any atom is -0.375 e. The Kier molecular flexibility index (Phi) is 5.03. The van der Waals surface area contributed by atoms with Crippen LogP contribution in [0.15, 0.2) is 34.7 Å². The molecule has 4 nitrogen and oxygen atoms in total. The molecule has 0 bridgehead atoms. The average molecular weight is 307 g/mol. The van der Waals surface area contributed by atoms with Gasteiger partial charge >= 0.3 is 0 Å². The lowest BCUT2D eigenvalue weighted by molar-refractivity contribution is -0.116. The number of rotatable bonds is 5. The maximum Gasteiger partial charge on any atom is 0.237 e. The average Bonchev–Trinajstić information content (AvgIpc) is 2.85. The second-order valence-electron chi connectivity index (χ2n) is 4.23. The molecule has 1 aromatic carbocycles. The van der Waals surface area contributed by atoms with E-state index in [4.69, 9.17) is 5.73 Å². The molecular formula is C14H17N3OS2. The fraction of sp³-hybridized carbons (Fsp3) is 0.286. The smallest absolute Gasteiger partial charge is 0.237 e. The van der Waals surface area contributed by atoms with Gasteiger partial charge in [-0.2, -0.15) is 0 Å². The van der Waals surface area contributed by atoms with Crippen LogP contribution >= 0.6 is 23.1 Å². The Morgan fingerprint density at radius 3 is 2.80 bits per heavy atom. The van der Waals surface area contributed by atoms with Crippen molar-refractivity contribution in [3.63, 3.8) is 0 Å². The van der Waals surface area contributed by atoms with Crippen LogP contribution in [0.1, 0.15) is 12.5 Å². The number of hydrogen-bond donors (Lipinski definition) is 1. The number of carbonyl (C=O) groups is 1. The number of nitrogens with zero attached hydrogens (tertiary/aromatic N) is 2. The van der Waals surface area contributed by atoms with Gasteiger partial charge in [0.15, 0.2) is 5.13 Å². The summed E-state index contributed by atoms with van der Waals surface area (Å²) in [5.41, 5.74) is 7.66. The number of nitrogens with two attached hydrogens (primary N) is 1. The second kappa shape index (κ2) is 6.76. The quantitative estimate of drug-likeness (QED) is 0.862. The van der Waals surface area contributed by atoms with Gasteiger partial charge in [-0.1, -0.05) is 29.5 Å². The zero-order valence-electron chi connectivity index (χ0n) is 11.5. The number of thiazole rings is 1. The summed E-state index contributed by atoms with van der Waals surface area (Å²) in [6, 6.07) is 7.93. The highest BCUT2D eigenvalue weighted by Gasteiger charge is 2.16. The molecule has 1 heterocycles. The number of para-hydroxylation sites is 1. The molecule has 0 saturated heterocycles. The van der Waals surface area contributed by atoms with E-state index >= 15 is 0 Å². The van der Waals surface area contributed by atoms with Gasteiger partial charge in [-0.15, -0.1) is 11.8 Å². The van der Waals surface area contributed by atoms with Gasteiger partial charge in [0.05, 0.1) is 16.2 Å². The number of thioether (sulfide) groups is 1. The summed E-state index contributed by atoms with van der Waals surface area (Å²) in [4.78, 5) is 18.2. The van der Waals surface area contributed by atoms with Crippen molar-refractivity contribution in [1.29, 1.82) is 0 Å². The van der Waals surface area contributed by atoms with Crippen LogP contribution in [0, 0.1) is 6.92 Å². The molecule has 0 fully saturated rings. The summed E-state index contributed by atoms with van der Waals surface area (Å²) in [6.07, 6.45) is 1.71. The highest BCUT2D eigenvalue weighted by molar-refractivity contribution is 8.01. The van der Waals surface area contributed by atoms with Crippen molar-refractivity contribution >= 4 is 39.8 Å². The third-order valence-electron chi connectivity index (χ3n) is 2.86. The molecule has 106 valence electrons. The van der Waals surface area contributed by atoms with E-state index in [0.29, 0.717) is 17.4 Å². The fourth-order valence-electron chi connectivity index (χ4n) is 1.90. The lowest BCUT2D eigenvalue weighted by Gasteiger charge is -2.22. The maximum atomic E-state index is 12.4. The second-order valence-corrected chi connectivity index (χ2v) is 6.57. The van der Waals surface area contributed by atoms with Gasteiger partial charge in [0.2, 0.25) is 5.91 Å². The number of benzene rings is 1. The molecule has 0 aliphatic carbocycles. The predicted molar refractivity (Wildman–Crippen MR) is 86.5 cm³/mol. The third kappa shape index (κ3) is 3.52. The highest BCUT2D eigenvalue weighted by atomic mass is 32.2. The zero-order chi connectivity index (χ0) is 14.5. The van der Waals surface area contributed by atoms with E-state index < -0.39 is 0 Å². The highest BCUT2D eigenvalue weighted by Crippen LogP contribution is 2.27. The van der Waals surface area contributed by atoms with Crippen LogP contribution in [0.4, 0.5) is 10.8 Å². The first kappa shape index (κ1) is 14.9. The predicted octanol–water partition coefficient (Wildman–Crippen LogP) is 3.18. The number of aryl methyl sites for hydroxylation is 1. The van der Waals surface area contributed by atoms with Gasteiger partial charge in [0, 0.05) is 12.2 Å². The Morgan fingerprint density at radius 2 is 2.20 bits per heavy atom. The monoisotopic (exact) mass is 307 g/mol. The lowest BCUT2D eigenvalue weighted by atomic mass is 10.2. The summed E-state index contributed by atoms with van der Waals surface area (Å²) < 4.78 is 0.969. The standard InChI is InChI=1S/C14H17N3OS2/c1-3-17(11-7-5-4-6-10(11)2)12(18)9-19-13-8-16-14(15)20-13/h4-8H,3,9H2,1-2H3,(H2,15,16). The molecule has 6 heteroatoms. The molecule has 1 aromatic heterocycles. The molecule has 1 amide bonds.